The van der Waals surface area contributed by atoms with Gasteiger partial charge >= 0.3 is 0 Å². The van der Waals surface area contributed by atoms with Gasteiger partial charge in [0.2, 0.25) is 0 Å². The molecule has 0 aromatic rings. The molecule has 0 spiro atoms. The van der Waals surface area contributed by atoms with Crippen molar-refractivity contribution in [1.82, 2.24) is 0 Å². The van der Waals surface area contributed by atoms with Gasteiger partial charge in [-0.3, -0.25) is 0 Å². The second-order valence-corrected chi connectivity index (χ2v) is 8.01. The zero-order chi connectivity index (χ0) is 17.9. The van der Waals surface area contributed by atoms with Crippen LogP contribution in [0.15, 0.2) is 12.2 Å². The van der Waals surface area contributed by atoms with Crippen LogP contribution in [0, 0.1) is 25.7 Å². The van der Waals surface area contributed by atoms with Crippen LogP contribution in [0.3, 0.4) is 0 Å². The number of rotatable bonds is 18. The topological polar surface area (TPSA) is 0 Å². The first-order valence-corrected chi connectivity index (χ1v) is 10.9. The van der Waals surface area contributed by atoms with E-state index in [-0.39, 0.29) is 0 Å². The molecule has 0 nitrogen and oxygen atoms in total. The molecule has 1 atom stereocenters. The molecule has 0 fully saturated rings. The molecule has 0 saturated heterocycles. The summed E-state index contributed by atoms with van der Waals surface area (Å²) in [6, 6.07) is 0. The van der Waals surface area contributed by atoms with Gasteiger partial charge in [0.1, 0.15) is 0 Å². The molecule has 0 heterocycles. The van der Waals surface area contributed by atoms with Crippen LogP contribution < -0.4 is 0 Å². The van der Waals surface area contributed by atoms with Crippen LogP contribution in [0.1, 0.15) is 117 Å². The van der Waals surface area contributed by atoms with E-state index in [1.165, 1.54) is 89.9 Å². The van der Waals surface area contributed by atoms with E-state index >= 15 is 0 Å². The van der Waals surface area contributed by atoms with E-state index in [9.17, 15) is 0 Å². The zero-order valence-electron chi connectivity index (χ0n) is 17.0. The predicted octanol–water partition coefficient (Wildman–Crippen LogP) is 8.72. The van der Waals surface area contributed by atoms with Crippen LogP contribution in [-0.2, 0) is 0 Å². The van der Waals surface area contributed by atoms with Crippen molar-refractivity contribution in [3.63, 3.8) is 0 Å². The minimum Gasteiger partial charge on any atom is -0.0885 e. The molecule has 0 amide bonds. The van der Waals surface area contributed by atoms with E-state index < -0.39 is 0 Å². The van der Waals surface area contributed by atoms with Gasteiger partial charge in [-0.05, 0) is 44.4 Å². The second-order valence-electron chi connectivity index (χ2n) is 8.01. The highest BCUT2D eigenvalue weighted by molar-refractivity contribution is 4.81. The van der Waals surface area contributed by atoms with Gasteiger partial charge in [-0.25, -0.2) is 0 Å². The van der Waals surface area contributed by atoms with E-state index in [4.69, 9.17) is 0 Å². The molecule has 0 aliphatic carbocycles. The Morgan fingerprint density at radius 1 is 0.667 bits per heavy atom. The summed E-state index contributed by atoms with van der Waals surface area (Å²) in [5.74, 6) is 1.84. The van der Waals surface area contributed by atoms with Crippen LogP contribution in [0.2, 0.25) is 0 Å². The van der Waals surface area contributed by atoms with Gasteiger partial charge in [0.25, 0.3) is 0 Å². The zero-order valence-corrected chi connectivity index (χ0v) is 17.0. The highest BCUT2D eigenvalue weighted by atomic mass is 14.2. The van der Waals surface area contributed by atoms with Crippen molar-refractivity contribution in [3.8, 4) is 0 Å². The van der Waals surface area contributed by atoms with Crippen LogP contribution >= 0.6 is 0 Å². The summed E-state index contributed by atoms with van der Waals surface area (Å²) in [7, 11) is 0. The fraction of sp³-hybridized carbons (Fsp3) is 0.833. The molecule has 0 aliphatic rings. The highest BCUT2D eigenvalue weighted by Crippen LogP contribution is 2.25. The molecule has 0 N–H and O–H groups in total. The van der Waals surface area contributed by atoms with E-state index in [0.29, 0.717) is 0 Å². The fourth-order valence-corrected chi connectivity index (χ4v) is 3.65. The maximum absolute atomic E-state index is 3.95. The Morgan fingerprint density at radius 3 is 1.75 bits per heavy atom. The van der Waals surface area contributed by atoms with Gasteiger partial charge in [0, 0.05) is 0 Å². The van der Waals surface area contributed by atoms with Gasteiger partial charge in [-0.2, -0.15) is 0 Å². The summed E-state index contributed by atoms with van der Waals surface area (Å²) in [5, 5.41) is 0. The monoisotopic (exact) mass is 334 g/mol. The Labute approximate surface area is 154 Å². The highest BCUT2D eigenvalue weighted by Gasteiger charge is 2.10. The van der Waals surface area contributed by atoms with E-state index in [2.05, 4.69) is 39.8 Å². The Hall–Kier alpha value is -0.260. The number of allylic oxidation sites excluding steroid dienone is 2. The maximum Gasteiger partial charge on any atom is -0.0351 e. The van der Waals surface area contributed by atoms with E-state index in [1.54, 1.807) is 0 Å². The molecule has 24 heavy (non-hydrogen) atoms. The lowest BCUT2D eigenvalue weighted by Crippen LogP contribution is -2.05. The van der Waals surface area contributed by atoms with Crippen molar-refractivity contribution in [2.24, 2.45) is 11.8 Å². The summed E-state index contributed by atoms with van der Waals surface area (Å²) in [6.45, 7) is 12.5. The molecule has 0 saturated carbocycles. The van der Waals surface area contributed by atoms with Crippen LogP contribution in [0.25, 0.3) is 0 Å². The van der Waals surface area contributed by atoms with Gasteiger partial charge in [0.15, 0.2) is 0 Å². The standard InChI is InChI=1S/C24H46/c1-5-7-9-11-12-13-14-15-16-17-19-21-24(22-23(3)4)20-18-10-8-6-2/h7,9,23-24H,1-2,5-6,8,10-22H2,3-4H3/b9-7+. The van der Waals surface area contributed by atoms with Gasteiger partial charge in [0.05, 0.1) is 0 Å². The van der Waals surface area contributed by atoms with E-state index in [1.807, 2.05) is 0 Å². The first-order chi connectivity index (χ1) is 11.7. The fourth-order valence-electron chi connectivity index (χ4n) is 3.65. The molecular formula is C24H46. The Balaban J connectivity index is 3.52. The quantitative estimate of drug-likeness (QED) is 0.174. The van der Waals surface area contributed by atoms with Crippen LogP contribution in [0.5, 0.6) is 0 Å². The minimum atomic E-state index is 0.861. The van der Waals surface area contributed by atoms with Crippen molar-refractivity contribution >= 4 is 0 Å². The number of hydrogen-bond acceptors (Lipinski definition) is 0. The lowest BCUT2D eigenvalue weighted by Gasteiger charge is -2.19. The molecule has 0 aliphatic heterocycles. The molecule has 0 rings (SSSR count). The first-order valence-electron chi connectivity index (χ1n) is 10.9. The first kappa shape index (κ1) is 23.7. The third-order valence-electron chi connectivity index (χ3n) is 4.98. The maximum atomic E-state index is 3.95. The lowest BCUT2D eigenvalue weighted by molar-refractivity contribution is 0.339. The lowest BCUT2D eigenvalue weighted by atomic mass is 9.87. The van der Waals surface area contributed by atoms with Crippen molar-refractivity contribution in [3.05, 3.63) is 26.0 Å². The van der Waals surface area contributed by atoms with Gasteiger partial charge in [-0.15, -0.1) is 0 Å². The molecule has 0 heteroatoms. The molecular weight excluding hydrogens is 288 g/mol. The van der Waals surface area contributed by atoms with Crippen molar-refractivity contribution in [2.75, 3.05) is 0 Å². The van der Waals surface area contributed by atoms with Crippen molar-refractivity contribution < 1.29 is 0 Å². The molecule has 0 aromatic carbocycles. The molecule has 2 radical (unpaired) electrons. The van der Waals surface area contributed by atoms with Gasteiger partial charge < -0.3 is 0 Å². The molecule has 142 valence electrons. The average Bonchev–Trinajstić information content (AvgIpc) is 2.55. The summed E-state index contributed by atoms with van der Waals surface area (Å²) >= 11 is 0. The van der Waals surface area contributed by atoms with Crippen molar-refractivity contribution in [2.45, 2.75) is 117 Å². The second kappa shape index (κ2) is 19.1. The SMILES string of the molecule is [CH2]C/C=C/CCCCCCCCCC(CCCCC[CH2])CC(C)C. The van der Waals surface area contributed by atoms with Crippen LogP contribution in [-0.4, -0.2) is 0 Å². The van der Waals surface area contributed by atoms with Crippen LogP contribution in [0.4, 0.5) is 0 Å². The number of unbranched alkanes of at least 4 members (excludes halogenated alkanes) is 10. The average molecular weight is 335 g/mol. The third-order valence-corrected chi connectivity index (χ3v) is 4.98. The minimum absolute atomic E-state index is 0.861. The van der Waals surface area contributed by atoms with Gasteiger partial charge in [-0.1, -0.05) is 110 Å². The normalized spacial score (nSPS) is 13.2. The smallest absolute Gasteiger partial charge is 0.0351 e. The van der Waals surface area contributed by atoms with E-state index in [0.717, 1.165) is 24.7 Å². The van der Waals surface area contributed by atoms with Crippen molar-refractivity contribution in [1.29, 1.82) is 0 Å². The summed E-state index contributed by atoms with van der Waals surface area (Å²) in [5.41, 5.74) is 0. The Morgan fingerprint density at radius 2 is 1.21 bits per heavy atom. The number of hydrogen-bond donors (Lipinski definition) is 0. The Kier molecular flexibility index (Phi) is 18.9. The summed E-state index contributed by atoms with van der Waals surface area (Å²) < 4.78 is 0. The summed E-state index contributed by atoms with van der Waals surface area (Å²) in [4.78, 5) is 0. The third kappa shape index (κ3) is 18.1. The molecule has 0 bridgehead atoms. The summed E-state index contributed by atoms with van der Waals surface area (Å²) in [6.07, 6.45) is 26.3. The largest absolute Gasteiger partial charge is 0.0885 e. The molecule has 0 aromatic heterocycles. The Bertz CT molecular complexity index is 251. The molecule has 1 unspecified atom stereocenters. The predicted molar refractivity (Wildman–Crippen MR) is 112 cm³/mol.